The number of sulfone groups is 1. The third-order valence-electron chi connectivity index (χ3n) is 1.43. The lowest BCUT2D eigenvalue weighted by molar-refractivity contribution is -0.134. The molecule has 0 aromatic carbocycles. The molecular weight excluding hydrogens is 208 g/mol. The van der Waals surface area contributed by atoms with Crippen LogP contribution in [0.1, 0.15) is 5.56 Å². The third-order valence-corrected chi connectivity index (χ3v) is 2.78. The fourth-order valence-corrected chi connectivity index (χ4v) is 1.98. The number of nitrogens with zero attached hydrogens (tertiary/aromatic N) is 2. The molecule has 1 N–H and O–H groups in total. The maximum atomic E-state index is 11.2. The summed E-state index contributed by atoms with van der Waals surface area (Å²) in [5.41, 5.74) is 0.829. The van der Waals surface area contributed by atoms with Crippen molar-refractivity contribution in [1.29, 1.82) is 0 Å². The zero-order chi connectivity index (χ0) is 10.8. The van der Waals surface area contributed by atoms with Crippen molar-refractivity contribution in [3.63, 3.8) is 0 Å². The van der Waals surface area contributed by atoms with Crippen molar-refractivity contribution in [3.8, 4) is 0 Å². The fourth-order valence-electron chi connectivity index (χ4n) is 0.973. The summed E-state index contributed by atoms with van der Waals surface area (Å²) < 4.78 is 23.6. The average molecular weight is 218 g/mol. The molecule has 14 heavy (non-hydrogen) atoms. The highest BCUT2D eigenvalue weighted by Gasteiger charge is 2.16. The summed E-state index contributed by atoms with van der Waals surface area (Å²) in [6.45, 7) is 1.77. The predicted octanol–water partition coefficient (Wildman–Crippen LogP) is -0.352. The molecule has 0 atom stereocenters. The van der Waals surface area contributed by atoms with Crippen LogP contribution in [0.25, 0.3) is 0 Å². The molecular formula is C7H10N2O4S. The Morgan fingerprint density at radius 2 is 2.29 bits per heavy atom. The Kier molecular flexibility index (Phi) is 2.90. The fraction of sp³-hybridized carbons (Fsp3) is 0.429. The molecule has 0 aliphatic carbocycles. The van der Waals surface area contributed by atoms with Crippen molar-refractivity contribution < 1.29 is 18.3 Å². The highest BCUT2D eigenvalue weighted by molar-refractivity contribution is 7.91. The summed E-state index contributed by atoms with van der Waals surface area (Å²) in [5, 5.41) is 12.1. The number of hydrogen-bond acceptors (Lipinski definition) is 4. The normalized spacial score (nSPS) is 11.5. The highest BCUT2D eigenvalue weighted by atomic mass is 32.2. The van der Waals surface area contributed by atoms with E-state index in [4.69, 9.17) is 5.11 Å². The number of aromatic nitrogens is 2. The molecule has 0 fully saturated rings. The van der Waals surface area contributed by atoms with Gasteiger partial charge in [-0.25, -0.2) is 8.42 Å². The molecule has 1 rings (SSSR count). The predicted molar refractivity (Wildman–Crippen MR) is 48.4 cm³/mol. The highest BCUT2D eigenvalue weighted by Crippen LogP contribution is 1.99. The number of hydrogen-bond donors (Lipinski definition) is 1. The molecule has 78 valence electrons. The molecule has 1 aromatic heterocycles. The lowest BCUT2D eigenvalue weighted by Crippen LogP contribution is -2.20. The van der Waals surface area contributed by atoms with Gasteiger partial charge in [0.05, 0.1) is 6.20 Å². The first-order valence-corrected chi connectivity index (χ1v) is 5.62. The van der Waals surface area contributed by atoms with Crippen LogP contribution in [0, 0.1) is 6.92 Å². The van der Waals surface area contributed by atoms with Gasteiger partial charge in [-0.2, -0.15) is 5.10 Å². The minimum atomic E-state index is -3.62. The van der Waals surface area contributed by atoms with Gasteiger partial charge in [0.15, 0.2) is 9.84 Å². The van der Waals surface area contributed by atoms with E-state index in [-0.39, 0.29) is 0 Å². The number of aliphatic carboxylic acids is 1. The van der Waals surface area contributed by atoms with Gasteiger partial charge < -0.3 is 5.11 Å². The number of carboxylic acids is 1. The topological polar surface area (TPSA) is 89.3 Å². The molecule has 0 radical (unpaired) electrons. The summed E-state index contributed by atoms with van der Waals surface area (Å²) in [6.07, 6.45) is 3.05. The number of carboxylic acid groups (broad SMARTS) is 1. The van der Waals surface area contributed by atoms with Crippen LogP contribution < -0.4 is 0 Å². The van der Waals surface area contributed by atoms with E-state index in [1.165, 1.54) is 10.9 Å². The van der Waals surface area contributed by atoms with Gasteiger partial charge in [-0.1, -0.05) is 0 Å². The van der Waals surface area contributed by atoms with Crippen molar-refractivity contribution in [1.82, 2.24) is 9.78 Å². The van der Waals surface area contributed by atoms with Crippen molar-refractivity contribution in [2.24, 2.45) is 0 Å². The van der Waals surface area contributed by atoms with Crippen LogP contribution in [0.15, 0.2) is 12.4 Å². The van der Waals surface area contributed by atoms with E-state index in [0.717, 1.165) is 5.56 Å². The second kappa shape index (κ2) is 3.79. The first kappa shape index (κ1) is 10.7. The molecule has 7 heteroatoms. The van der Waals surface area contributed by atoms with Crippen LogP contribution in [0.3, 0.4) is 0 Å². The zero-order valence-electron chi connectivity index (χ0n) is 7.54. The maximum absolute atomic E-state index is 11.2. The quantitative estimate of drug-likeness (QED) is 0.746. The van der Waals surface area contributed by atoms with Crippen molar-refractivity contribution in [2.45, 2.75) is 12.8 Å². The first-order chi connectivity index (χ1) is 6.39. The molecule has 1 heterocycles. The van der Waals surface area contributed by atoms with Gasteiger partial charge in [-0.15, -0.1) is 0 Å². The van der Waals surface area contributed by atoms with Crippen LogP contribution in [0.4, 0.5) is 0 Å². The minimum absolute atomic E-state index is 0.396. The van der Waals surface area contributed by atoms with E-state index in [1.807, 2.05) is 0 Å². The number of rotatable bonds is 4. The summed E-state index contributed by atoms with van der Waals surface area (Å²) in [4.78, 5) is 10.2. The van der Waals surface area contributed by atoms with Gasteiger partial charge in [-0.05, 0) is 12.5 Å². The van der Waals surface area contributed by atoms with Crippen molar-refractivity contribution in [3.05, 3.63) is 18.0 Å². The van der Waals surface area contributed by atoms with Crippen molar-refractivity contribution >= 4 is 15.8 Å². The average Bonchev–Trinajstić information content (AvgIpc) is 2.30. The van der Waals surface area contributed by atoms with E-state index in [0.29, 0.717) is 0 Å². The molecule has 0 spiro atoms. The van der Waals surface area contributed by atoms with E-state index >= 15 is 0 Å². The lowest BCUT2D eigenvalue weighted by Gasteiger charge is -2.00. The number of aryl methyl sites for hydroxylation is 1. The first-order valence-electron chi connectivity index (χ1n) is 3.80. The Labute approximate surface area is 81.1 Å². The Hall–Kier alpha value is -1.37. The Balaban J connectivity index is 2.73. The van der Waals surface area contributed by atoms with Gasteiger partial charge in [0, 0.05) is 6.20 Å². The Bertz CT molecular complexity index is 434. The van der Waals surface area contributed by atoms with Crippen LogP contribution in [0.5, 0.6) is 0 Å². The molecule has 1 aromatic rings. The summed E-state index contributed by atoms with van der Waals surface area (Å²) in [5.74, 6) is -2.62. The monoisotopic (exact) mass is 218 g/mol. The molecule has 0 saturated heterocycles. The van der Waals surface area contributed by atoms with Crippen molar-refractivity contribution in [2.75, 3.05) is 5.75 Å². The molecule has 0 aliphatic rings. The van der Waals surface area contributed by atoms with Crippen LogP contribution in [0.2, 0.25) is 0 Å². The molecule has 0 aliphatic heterocycles. The SMILES string of the molecule is Cc1cnn(CS(=O)(=O)CC(=O)O)c1. The van der Waals surface area contributed by atoms with Gasteiger partial charge in [0.25, 0.3) is 0 Å². The smallest absolute Gasteiger partial charge is 0.318 e. The van der Waals surface area contributed by atoms with Gasteiger partial charge in [0.1, 0.15) is 11.6 Å². The Morgan fingerprint density at radius 3 is 2.71 bits per heavy atom. The molecule has 0 amide bonds. The van der Waals surface area contributed by atoms with Crippen LogP contribution in [-0.4, -0.2) is 35.0 Å². The van der Waals surface area contributed by atoms with E-state index in [2.05, 4.69) is 5.10 Å². The summed E-state index contributed by atoms with van der Waals surface area (Å²) >= 11 is 0. The van der Waals surface area contributed by atoms with Gasteiger partial charge in [0.2, 0.25) is 0 Å². The lowest BCUT2D eigenvalue weighted by atomic mass is 10.4. The van der Waals surface area contributed by atoms with E-state index in [1.54, 1.807) is 13.1 Å². The second-order valence-electron chi connectivity index (χ2n) is 2.97. The Morgan fingerprint density at radius 1 is 1.64 bits per heavy atom. The van der Waals surface area contributed by atoms with E-state index in [9.17, 15) is 13.2 Å². The largest absolute Gasteiger partial charge is 0.480 e. The maximum Gasteiger partial charge on any atom is 0.318 e. The minimum Gasteiger partial charge on any atom is -0.480 e. The molecule has 0 bridgehead atoms. The van der Waals surface area contributed by atoms with Gasteiger partial charge in [-0.3, -0.25) is 9.48 Å². The molecule has 0 saturated carbocycles. The third kappa shape index (κ3) is 3.17. The van der Waals surface area contributed by atoms with Gasteiger partial charge >= 0.3 is 5.97 Å². The molecule has 6 nitrogen and oxygen atoms in total. The number of carbonyl (C=O) groups is 1. The summed E-state index contributed by atoms with van der Waals surface area (Å²) in [6, 6.07) is 0. The van der Waals surface area contributed by atoms with E-state index < -0.39 is 27.4 Å². The standard InChI is InChI=1S/C7H10N2O4S/c1-6-2-8-9(3-6)5-14(12,13)4-7(10)11/h2-3H,4-5H2,1H3,(H,10,11). The molecule has 0 unspecified atom stereocenters. The summed E-state index contributed by atoms with van der Waals surface area (Å²) in [7, 11) is -3.62. The second-order valence-corrected chi connectivity index (χ2v) is 5.00. The van der Waals surface area contributed by atoms with Crippen LogP contribution in [-0.2, 0) is 20.5 Å². The van der Waals surface area contributed by atoms with Crippen LogP contribution >= 0.6 is 0 Å². The zero-order valence-corrected chi connectivity index (χ0v) is 8.36.